The molecule has 0 atom stereocenters. The van der Waals surface area contributed by atoms with Gasteiger partial charge in [0.25, 0.3) is 11.6 Å². The summed E-state index contributed by atoms with van der Waals surface area (Å²) in [6.45, 7) is 2.65. The fourth-order valence-corrected chi connectivity index (χ4v) is 4.02. The summed E-state index contributed by atoms with van der Waals surface area (Å²) >= 11 is 6.19. The summed E-state index contributed by atoms with van der Waals surface area (Å²) in [6.07, 6.45) is 0. The third kappa shape index (κ3) is 5.23. The van der Waals surface area contributed by atoms with Crippen LogP contribution in [0, 0.1) is 10.1 Å². The van der Waals surface area contributed by atoms with Crippen LogP contribution in [0.1, 0.15) is 15.9 Å². The number of ether oxygens (including phenoxy) is 2. The molecule has 0 aromatic heterocycles. The molecule has 0 radical (unpaired) electrons. The minimum atomic E-state index is -0.415. The summed E-state index contributed by atoms with van der Waals surface area (Å²) in [6, 6.07) is 19.1. The number of nitro benzene ring substituents is 1. The lowest BCUT2D eigenvalue weighted by Crippen LogP contribution is -2.48. The van der Waals surface area contributed by atoms with Crippen LogP contribution < -0.4 is 14.4 Å². The number of methoxy groups -OCH3 is 1. The highest BCUT2D eigenvalue weighted by Gasteiger charge is 2.23. The van der Waals surface area contributed by atoms with Gasteiger partial charge >= 0.3 is 0 Å². The Morgan fingerprint density at radius 3 is 2.35 bits per heavy atom. The number of carbonyl (C=O) groups is 1. The van der Waals surface area contributed by atoms with E-state index in [0.29, 0.717) is 48.3 Å². The van der Waals surface area contributed by atoms with Crippen molar-refractivity contribution in [2.24, 2.45) is 0 Å². The summed E-state index contributed by atoms with van der Waals surface area (Å²) in [5.41, 5.74) is 2.34. The zero-order chi connectivity index (χ0) is 24.1. The molecule has 0 N–H and O–H groups in total. The number of rotatable bonds is 7. The Balaban J connectivity index is 1.38. The Morgan fingerprint density at radius 2 is 1.71 bits per heavy atom. The van der Waals surface area contributed by atoms with Gasteiger partial charge in [-0.05, 0) is 36.4 Å². The van der Waals surface area contributed by atoms with E-state index in [0.717, 1.165) is 11.3 Å². The maximum Gasteiger partial charge on any atom is 0.269 e. The van der Waals surface area contributed by atoms with Crippen molar-refractivity contribution in [3.8, 4) is 11.5 Å². The molecule has 0 spiro atoms. The largest absolute Gasteiger partial charge is 0.493 e. The van der Waals surface area contributed by atoms with Gasteiger partial charge in [0, 0.05) is 60.1 Å². The van der Waals surface area contributed by atoms with Gasteiger partial charge in [0.2, 0.25) is 0 Å². The van der Waals surface area contributed by atoms with Gasteiger partial charge in [-0.3, -0.25) is 14.9 Å². The highest BCUT2D eigenvalue weighted by molar-refractivity contribution is 6.31. The first-order valence-corrected chi connectivity index (χ1v) is 11.2. The molecule has 9 heteroatoms. The molecule has 3 aromatic rings. The van der Waals surface area contributed by atoms with E-state index in [9.17, 15) is 14.9 Å². The van der Waals surface area contributed by atoms with Crippen molar-refractivity contribution in [2.75, 3.05) is 38.2 Å². The second-order valence-corrected chi connectivity index (χ2v) is 8.21. The first-order valence-electron chi connectivity index (χ1n) is 10.8. The number of piperazine rings is 1. The van der Waals surface area contributed by atoms with Crippen LogP contribution in [0.2, 0.25) is 5.02 Å². The SMILES string of the molecule is COc1cc(C(=O)N2CCN(c3ccc([N+](=O)[O-])cc3)CC2)ccc1OCc1ccccc1Cl. The number of carbonyl (C=O) groups excluding carboxylic acids is 1. The van der Waals surface area contributed by atoms with Crippen LogP contribution >= 0.6 is 11.6 Å². The monoisotopic (exact) mass is 481 g/mol. The molecule has 8 nitrogen and oxygen atoms in total. The van der Waals surface area contributed by atoms with E-state index in [1.165, 1.54) is 19.2 Å². The molecule has 1 fully saturated rings. The smallest absolute Gasteiger partial charge is 0.269 e. The highest BCUT2D eigenvalue weighted by Crippen LogP contribution is 2.30. The fourth-order valence-electron chi connectivity index (χ4n) is 3.83. The van der Waals surface area contributed by atoms with Crippen molar-refractivity contribution in [1.29, 1.82) is 0 Å². The van der Waals surface area contributed by atoms with E-state index in [2.05, 4.69) is 4.90 Å². The molecule has 1 aliphatic rings. The van der Waals surface area contributed by atoms with E-state index in [4.69, 9.17) is 21.1 Å². The average molecular weight is 482 g/mol. The summed E-state index contributed by atoms with van der Waals surface area (Å²) < 4.78 is 11.3. The van der Waals surface area contributed by atoms with Crippen molar-refractivity contribution < 1.29 is 19.2 Å². The Bertz CT molecular complexity index is 1180. The Morgan fingerprint density at radius 1 is 1.00 bits per heavy atom. The zero-order valence-electron chi connectivity index (χ0n) is 18.6. The first kappa shape index (κ1) is 23.4. The summed E-state index contributed by atoms with van der Waals surface area (Å²) in [5.74, 6) is 0.920. The van der Waals surface area contributed by atoms with Crippen LogP contribution in [0.25, 0.3) is 0 Å². The lowest BCUT2D eigenvalue weighted by molar-refractivity contribution is -0.384. The van der Waals surface area contributed by atoms with Crippen molar-refractivity contribution in [1.82, 2.24) is 4.90 Å². The van der Waals surface area contributed by atoms with Crippen molar-refractivity contribution in [3.63, 3.8) is 0 Å². The first-order chi connectivity index (χ1) is 16.5. The molecule has 34 heavy (non-hydrogen) atoms. The van der Waals surface area contributed by atoms with Crippen LogP contribution in [-0.4, -0.2) is 49.0 Å². The number of non-ortho nitro benzene ring substituents is 1. The maximum absolute atomic E-state index is 13.1. The molecular formula is C25H24ClN3O5. The normalized spacial score (nSPS) is 13.5. The molecule has 176 valence electrons. The molecule has 1 aliphatic heterocycles. The number of amides is 1. The lowest BCUT2D eigenvalue weighted by atomic mass is 10.1. The van der Waals surface area contributed by atoms with Gasteiger partial charge in [-0.2, -0.15) is 0 Å². The number of hydrogen-bond donors (Lipinski definition) is 0. The maximum atomic E-state index is 13.1. The zero-order valence-corrected chi connectivity index (χ0v) is 19.4. The Kier molecular flexibility index (Phi) is 7.18. The van der Waals surface area contributed by atoms with Gasteiger partial charge in [0.1, 0.15) is 6.61 Å². The number of nitrogens with zero attached hydrogens (tertiary/aromatic N) is 3. The van der Waals surface area contributed by atoms with Crippen LogP contribution in [0.4, 0.5) is 11.4 Å². The predicted octanol–water partition coefficient (Wildman–Crippen LogP) is 4.80. The standard InChI is InChI=1S/C25H24ClN3O5/c1-33-24-16-18(6-11-23(24)34-17-19-4-2-3-5-22(19)26)25(30)28-14-12-27(13-15-28)20-7-9-21(10-8-20)29(31)32/h2-11,16H,12-15,17H2,1H3. The fraction of sp³-hybridized carbons (Fsp3) is 0.240. The Hall–Kier alpha value is -3.78. The number of nitro groups is 1. The molecule has 4 rings (SSSR count). The minimum Gasteiger partial charge on any atom is -0.493 e. The molecule has 1 heterocycles. The summed E-state index contributed by atoms with van der Waals surface area (Å²) in [5, 5.41) is 11.5. The number of benzene rings is 3. The Labute approximate surface area is 202 Å². The van der Waals surface area contributed by atoms with Gasteiger partial charge in [-0.1, -0.05) is 29.8 Å². The molecule has 0 unspecified atom stereocenters. The summed E-state index contributed by atoms with van der Waals surface area (Å²) in [7, 11) is 1.54. The van der Waals surface area contributed by atoms with Crippen LogP contribution in [0.15, 0.2) is 66.7 Å². The van der Waals surface area contributed by atoms with Crippen LogP contribution in [0.5, 0.6) is 11.5 Å². The third-order valence-corrected chi connectivity index (χ3v) is 6.11. The summed E-state index contributed by atoms with van der Waals surface area (Å²) in [4.78, 5) is 27.4. The molecular weight excluding hydrogens is 458 g/mol. The van der Waals surface area contributed by atoms with E-state index in [1.54, 1.807) is 41.3 Å². The molecule has 1 saturated heterocycles. The van der Waals surface area contributed by atoms with Gasteiger partial charge in [0.15, 0.2) is 11.5 Å². The molecule has 0 saturated carbocycles. The molecule has 1 amide bonds. The molecule has 0 aliphatic carbocycles. The second kappa shape index (κ2) is 10.4. The number of hydrogen-bond acceptors (Lipinski definition) is 6. The van der Waals surface area contributed by atoms with E-state index in [1.807, 2.05) is 18.2 Å². The highest BCUT2D eigenvalue weighted by atomic mass is 35.5. The number of anilines is 1. The average Bonchev–Trinajstić information content (AvgIpc) is 2.88. The van der Waals surface area contributed by atoms with Crippen LogP contribution in [0.3, 0.4) is 0 Å². The second-order valence-electron chi connectivity index (χ2n) is 7.80. The third-order valence-electron chi connectivity index (χ3n) is 5.74. The lowest BCUT2D eigenvalue weighted by Gasteiger charge is -2.36. The van der Waals surface area contributed by atoms with Gasteiger partial charge in [0.05, 0.1) is 12.0 Å². The van der Waals surface area contributed by atoms with E-state index < -0.39 is 4.92 Å². The van der Waals surface area contributed by atoms with Crippen molar-refractivity contribution >= 4 is 28.9 Å². The topological polar surface area (TPSA) is 85.2 Å². The van der Waals surface area contributed by atoms with E-state index >= 15 is 0 Å². The number of halogens is 1. The minimum absolute atomic E-state index is 0.0609. The van der Waals surface area contributed by atoms with Crippen molar-refractivity contribution in [3.05, 3.63) is 93.0 Å². The molecule has 0 bridgehead atoms. The van der Waals surface area contributed by atoms with Gasteiger partial charge < -0.3 is 19.3 Å². The van der Waals surface area contributed by atoms with Gasteiger partial charge in [-0.25, -0.2) is 0 Å². The van der Waals surface area contributed by atoms with Gasteiger partial charge in [-0.15, -0.1) is 0 Å². The van der Waals surface area contributed by atoms with Crippen LogP contribution in [-0.2, 0) is 6.61 Å². The van der Waals surface area contributed by atoms with E-state index in [-0.39, 0.29) is 18.2 Å². The quantitative estimate of drug-likeness (QED) is 0.356. The van der Waals surface area contributed by atoms with Crippen molar-refractivity contribution in [2.45, 2.75) is 6.61 Å². The molecule has 3 aromatic carbocycles. The predicted molar refractivity (Wildman–Crippen MR) is 130 cm³/mol.